The third-order valence-corrected chi connectivity index (χ3v) is 7.07. The van der Waals surface area contributed by atoms with Crippen molar-refractivity contribution in [3.05, 3.63) is 29.8 Å². The zero-order chi connectivity index (χ0) is 21.7. The van der Waals surface area contributed by atoms with Crippen molar-refractivity contribution in [3.8, 4) is 12.3 Å². The van der Waals surface area contributed by atoms with E-state index in [-0.39, 0.29) is 29.6 Å². The lowest BCUT2D eigenvalue weighted by atomic mass is 9.95. The number of hydrogen-bond donors (Lipinski definition) is 1. The molecule has 30 heavy (non-hydrogen) atoms. The quantitative estimate of drug-likeness (QED) is 0.689. The summed E-state index contributed by atoms with van der Waals surface area (Å²) in [6, 6.07) is 6.13. The molecule has 7 nitrogen and oxygen atoms in total. The van der Waals surface area contributed by atoms with Gasteiger partial charge in [0.05, 0.1) is 23.6 Å². The minimum Gasteiger partial charge on any atom is -0.373 e. The van der Waals surface area contributed by atoms with Gasteiger partial charge in [-0.25, -0.2) is 8.42 Å². The lowest BCUT2D eigenvalue weighted by Gasteiger charge is -2.39. The van der Waals surface area contributed by atoms with E-state index in [0.717, 1.165) is 32.5 Å². The number of piperidine rings is 1. The van der Waals surface area contributed by atoms with Gasteiger partial charge in [0, 0.05) is 38.3 Å². The second-order valence-electron chi connectivity index (χ2n) is 8.27. The fraction of sp³-hybridized carbons (Fsp3) is 0.591. The van der Waals surface area contributed by atoms with Gasteiger partial charge in [0.1, 0.15) is 0 Å². The smallest absolute Gasteiger partial charge is 0.253 e. The van der Waals surface area contributed by atoms with Crippen LogP contribution in [0.25, 0.3) is 0 Å². The summed E-state index contributed by atoms with van der Waals surface area (Å²) in [5, 5.41) is 0. The zero-order valence-electron chi connectivity index (χ0n) is 17.7. The van der Waals surface area contributed by atoms with Crippen molar-refractivity contribution >= 4 is 15.9 Å². The predicted molar refractivity (Wildman–Crippen MR) is 116 cm³/mol. The summed E-state index contributed by atoms with van der Waals surface area (Å²) < 4.78 is 32.7. The van der Waals surface area contributed by atoms with Gasteiger partial charge in [-0.3, -0.25) is 9.69 Å². The highest BCUT2D eigenvalue weighted by Gasteiger charge is 2.28. The highest BCUT2D eigenvalue weighted by atomic mass is 32.2. The molecule has 164 valence electrons. The summed E-state index contributed by atoms with van der Waals surface area (Å²) >= 11 is 0. The lowest BCUT2D eigenvalue weighted by molar-refractivity contribution is -0.0728. The number of morpholine rings is 1. The summed E-state index contributed by atoms with van der Waals surface area (Å²) in [5.41, 5.74) is 0.382. The summed E-state index contributed by atoms with van der Waals surface area (Å²) in [7, 11) is -3.72. The van der Waals surface area contributed by atoms with Crippen LogP contribution in [-0.4, -0.2) is 75.6 Å². The number of ether oxygens (including phenoxy) is 1. The number of amides is 1. The van der Waals surface area contributed by atoms with Crippen LogP contribution in [0, 0.1) is 18.3 Å². The van der Waals surface area contributed by atoms with E-state index < -0.39 is 10.0 Å². The van der Waals surface area contributed by atoms with Gasteiger partial charge < -0.3 is 9.64 Å². The van der Waals surface area contributed by atoms with Crippen molar-refractivity contribution in [2.24, 2.45) is 5.92 Å². The molecule has 2 heterocycles. The molecule has 0 radical (unpaired) electrons. The molecule has 0 aromatic heterocycles. The first-order valence-electron chi connectivity index (χ1n) is 10.5. The number of nitrogens with one attached hydrogen (secondary N) is 1. The summed E-state index contributed by atoms with van der Waals surface area (Å²) in [5.74, 6) is 2.68. The van der Waals surface area contributed by atoms with E-state index >= 15 is 0 Å². The molecule has 2 saturated heterocycles. The van der Waals surface area contributed by atoms with Gasteiger partial charge in [0.15, 0.2) is 0 Å². The maximum absolute atomic E-state index is 12.9. The predicted octanol–water partition coefficient (Wildman–Crippen LogP) is 1.56. The number of nitrogens with zero attached hydrogens (tertiary/aromatic N) is 2. The van der Waals surface area contributed by atoms with Crippen LogP contribution in [-0.2, 0) is 14.8 Å². The van der Waals surface area contributed by atoms with E-state index in [2.05, 4.69) is 29.4 Å². The molecular weight excluding hydrogens is 402 g/mol. The molecule has 1 N–H and O–H groups in total. The maximum atomic E-state index is 12.9. The first kappa shape index (κ1) is 22.8. The number of hydrogen-bond acceptors (Lipinski definition) is 5. The van der Waals surface area contributed by atoms with Crippen LogP contribution >= 0.6 is 0 Å². The normalized spacial score (nSPS) is 23.8. The molecule has 0 spiro atoms. The minimum absolute atomic E-state index is 0.0500. The highest BCUT2D eigenvalue weighted by Crippen LogP contribution is 2.23. The van der Waals surface area contributed by atoms with Crippen LogP contribution in [0.1, 0.15) is 37.0 Å². The van der Waals surface area contributed by atoms with Crippen molar-refractivity contribution in [1.29, 1.82) is 0 Å². The van der Waals surface area contributed by atoms with Crippen LogP contribution in [0.3, 0.4) is 0 Å². The maximum Gasteiger partial charge on any atom is 0.253 e. The highest BCUT2D eigenvalue weighted by molar-refractivity contribution is 7.89. The number of benzene rings is 1. The second kappa shape index (κ2) is 9.92. The van der Waals surface area contributed by atoms with Gasteiger partial charge in [-0.15, -0.1) is 6.42 Å². The topological polar surface area (TPSA) is 79.0 Å². The molecule has 0 saturated carbocycles. The Morgan fingerprint density at radius 1 is 1.23 bits per heavy atom. The molecule has 1 aromatic carbocycles. The Morgan fingerprint density at radius 2 is 1.90 bits per heavy atom. The standard InChI is InChI=1S/C22H31N3O4S/c1-4-10-23-30(27,28)21-7-5-6-20(13-21)22(26)25-11-8-19(9-12-25)16-24-14-17(2)29-18(3)15-24/h1,5-7,13,17-19,23H,8-12,14-16H2,2-3H3. The summed E-state index contributed by atoms with van der Waals surface area (Å²) in [6.45, 7) is 8.46. The Labute approximate surface area is 179 Å². The van der Waals surface area contributed by atoms with Gasteiger partial charge in [0.2, 0.25) is 10.0 Å². The van der Waals surface area contributed by atoms with Crippen molar-refractivity contribution < 1.29 is 17.9 Å². The molecule has 2 unspecified atom stereocenters. The van der Waals surface area contributed by atoms with Gasteiger partial charge in [0.25, 0.3) is 5.91 Å². The number of carbonyl (C=O) groups excluding carboxylic acids is 1. The van der Waals surface area contributed by atoms with E-state index in [9.17, 15) is 13.2 Å². The van der Waals surface area contributed by atoms with E-state index in [0.29, 0.717) is 24.6 Å². The van der Waals surface area contributed by atoms with Crippen LogP contribution < -0.4 is 4.72 Å². The third kappa shape index (κ3) is 5.82. The zero-order valence-corrected chi connectivity index (χ0v) is 18.5. The van der Waals surface area contributed by atoms with Crippen LogP contribution in [0.5, 0.6) is 0 Å². The monoisotopic (exact) mass is 433 g/mol. The van der Waals surface area contributed by atoms with Crippen molar-refractivity contribution in [2.75, 3.05) is 39.3 Å². The number of terminal acetylenes is 1. The average Bonchev–Trinajstić information content (AvgIpc) is 2.72. The van der Waals surface area contributed by atoms with Gasteiger partial charge in [-0.1, -0.05) is 12.0 Å². The Bertz CT molecular complexity index is 878. The average molecular weight is 434 g/mol. The van der Waals surface area contributed by atoms with Crippen molar-refractivity contribution in [3.63, 3.8) is 0 Å². The second-order valence-corrected chi connectivity index (χ2v) is 10.0. The SMILES string of the molecule is C#CCNS(=O)(=O)c1cccc(C(=O)N2CCC(CN3CC(C)OC(C)C3)CC2)c1. The Kier molecular flexibility index (Phi) is 7.53. The van der Waals surface area contributed by atoms with Crippen LogP contribution in [0.4, 0.5) is 0 Å². The molecule has 1 amide bonds. The molecule has 2 atom stereocenters. The number of likely N-dealkylation sites (tertiary alicyclic amines) is 1. The number of carbonyl (C=O) groups is 1. The van der Waals surface area contributed by atoms with Gasteiger partial charge in [-0.05, 0) is 50.8 Å². The number of rotatable bonds is 6. The van der Waals surface area contributed by atoms with Crippen LogP contribution in [0.15, 0.2) is 29.2 Å². The Hall–Kier alpha value is -1.92. The first-order chi connectivity index (χ1) is 14.3. The molecule has 2 aliphatic heterocycles. The van der Waals surface area contributed by atoms with E-state index in [1.807, 2.05) is 4.90 Å². The van der Waals surface area contributed by atoms with Crippen LogP contribution in [0.2, 0.25) is 0 Å². The third-order valence-electron chi connectivity index (χ3n) is 5.67. The largest absolute Gasteiger partial charge is 0.373 e. The van der Waals surface area contributed by atoms with Crippen molar-refractivity contribution in [2.45, 2.75) is 43.8 Å². The fourth-order valence-electron chi connectivity index (χ4n) is 4.32. The van der Waals surface area contributed by atoms with E-state index in [1.165, 1.54) is 12.1 Å². The molecule has 0 aliphatic carbocycles. The summed E-state index contributed by atoms with van der Waals surface area (Å²) in [4.78, 5) is 17.3. The van der Waals surface area contributed by atoms with E-state index in [1.54, 1.807) is 12.1 Å². The lowest BCUT2D eigenvalue weighted by Crippen LogP contribution is -2.48. The molecule has 2 aliphatic rings. The summed E-state index contributed by atoms with van der Waals surface area (Å²) in [6.07, 6.45) is 7.55. The van der Waals surface area contributed by atoms with Crippen molar-refractivity contribution in [1.82, 2.24) is 14.5 Å². The Morgan fingerprint density at radius 3 is 2.53 bits per heavy atom. The molecule has 2 fully saturated rings. The molecule has 0 bridgehead atoms. The molecule has 8 heteroatoms. The molecule has 1 aromatic rings. The number of sulfonamides is 1. The van der Waals surface area contributed by atoms with Gasteiger partial charge in [-0.2, -0.15) is 4.72 Å². The Balaban J connectivity index is 1.56. The van der Waals surface area contributed by atoms with Gasteiger partial charge >= 0.3 is 0 Å². The molecule has 3 rings (SSSR count). The fourth-order valence-corrected chi connectivity index (χ4v) is 5.30. The molecular formula is C22H31N3O4S. The minimum atomic E-state index is -3.72. The van der Waals surface area contributed by atoms with E-state index in [4.69, 9.17) is 11.2 Å². The first-order valence-corrected chi connectivity index (χ1v) is 12.0.